The molecule has 0 bridgehead atoms. The molecule has 0 heterocycles. The van der Waals surface area contributed by atoms with E-state index in [1.165, 1.54) is 0 Å². The summed E-state index contributed by atoms with van der Waals surface area (Å²) >= 11 is 0. The maximum absolute atomic E-state index is 14.1. The van der Waals surface area contributed by atoms with Crippen LogP contribution in [0.3, 0.4) is 0 Å². The zero-order valence-corrected chi connectivity index (χ0v) is 22.9. The van der Waals surface area contributed by atoms with Gasteiger partial charge in [0.2, 0.25) is 11.8 Å². The molecule has 1 aliphatic rings. The highest BCUT2D eigenvalue weighted by Crippen LogP contribution is 2.41. The molecule has 0 aromatic heterocycles. The Bertz CT molecular complexity index is 943. The van der Waals surface area contributed by atoms with Gasteiger partial charge in [0, 0.05) is 18.2 Å². The summed E-state index contributed by atoms with van der Waals surface area (Å²) in [5.41, 5.74) is 0.693. The van der Waals surface area contributed by atoms with Gasteiger partial charge in [-0.05, 0) is 63.1 Å². The van der Waals surface area contributed by atoms with E-state index in [9.17, 15) is 14.4 Å². The summed E-state index contributed by atoms with van der Waals surface area (Å²) in [6, 6.07) is 5.41. The van der Waals surface area contributed by atoms with Crippen molar-refractivity contribution in [3.8, 4) is 12.3 Å². The first-order valence-electron chi connectivity index (χ1n) is 13.1. The molecule has 0 spiro atoms. The van der Waals surface area contributed by atoms with E-state index < -0.39 is 23.8 Å². The zero-order chi connectivity index (χ0) is 27.0. The van der Waals surface area contributed by atoms with E-state index in [4.69, 9.17) is 11.2 Å². The SMILES string of the molecule is C#Cc1ccc(C(C(=O)NCCCCC)N(C(=O)C(NC(=O)OC(C)(C)C)C(C)C)C2CC2C)cc1. The van der Waals surface area contributed by atoms with Crippen LogP contribution in [0.4, 0.5) is 4.79 Å². The Morgan fingerprint density at radius 1 is 1.17 bits per heavy atom. The lowest BCUT2D eigenvalue weighted by Gasteiger charge is -2.36. The highest BCUT2D eigenvalue weighted by Gasteiger charge is 2.48. The summed E-state index contributed by atoms with van der Waals surface area (Å²) in [5.74, 6) is 2.12. The lowest BCUT2D eigenvalue weighted by Crippen LogP contribution is -2.55. The van der Waals surface area contributed by atoms with E-state index in [1.54, 1.807) is 37.8 Å². The van der Waals surface area contributed by atoms with Gasteiger partial charge in [-0.2, -0.15) is 0 Å². The molecule has 1 aromatic carbocycles. The summed E-state index contributed by atoms with van der Waals surface area (Å²) in [7, 11) is 0. The van der Waals surface area contributed by atoms with Crippen molar-refractivity contribution in [3.05, 3.63) is 35.4 Å². The second-order valence-electron chi connectivity index (χ2n) is 11.1. The smallest absolute Gasteiger partial charge is 0.408 e. The summed E-state index contributed by atoms with van der Waals surface area (Å²) in [6.45, 7) is 13.8. The number of terminal acetylenes is 1. The summed E-state index contributed by atoms with van der Waals surface area (Å²) < 4.78 is 5.42. The van der Waals surface area contributed by atoms with E-state index in [1.807, 2.05) is 26.0 Å². The first-order valence-corrected chi connectivity index (χ1v) is 13.1. The fraction of sp³-hybridized carbons (Fsp3) is 0.621. The topological polar surface area (TPSA) is 87.7 Å². The number of hydrogen-bond donors (Lipinski definition) is 2. The fourth-order valence-corrected chi connectivity index (χ4v) is 4.16. The third kappa shape index (κ3) is 8.29. The predicted molar refractivity (Wildman–Crippen MR) is 142 cm³/mol. The molecule has 0 radical (unpaired) electrons. The van der Waals surface area contributed by atoms with Crippen LogP contribution < -0.4 is 10.6 Å². The number of carbonyl (C=O) groups excluding carboxylic acids is 3. The Labute approximate surface area is 216 Å². The average molecular weight is 498 g/mol. The van der Waals surface area contributed by atoms with E-state index in [0.29, 0.717) is 17.7 Å². The maximum Gasteiger partial charge on any atom is 0.408 e. The number of rotatable bonds is 11. The third-order valence-corrected chi connectivity index (χ3v) is 6.28. The minimum absolute atomic E-state index is 0.0992. The van der Waals surface area contributed by atoms with Gasteiger partial charge in [-0.25, -0.2) is 4.79 Å². The molecule has 2 N–H and O–H groups in total. The van der Waals surface area contributed by atoms with Gasteiger partial charge in [0.25, 0.3) is 0 Å². The normalized spacial score (nSPS) is 18.5. The Kier molecular flexibility index (Phi) is 10.4. The van der Waals surface area contributed by atoms with Crippen LogP contribution in [0, 0.1) is 24.2 Å². The van der Waals surface area contributed by atoms with E-state index in [2.05, 4.69) is 30.4 Å². The van der Waals surface area contributed by atoms with Gasteiger partial charge in [-0.1, -0.05) is 58.6 Å². The minimum atomic E-state index is -0.840. The van der Waals surface area contributed by atoms with Crippen molar-refractivity contribution in [2.24, 2.45) is 11.8 Å². The first kappa shape index (κ1) is 29.2. The van der Waals surface area contributed by atoms with Crippen molar-refractivity contribution >= 4 is 17.9 Å². The van der Waals surface area contributed by atoms with Crippen LogP contribution in [0.25, 0.3) is 0 Å². The van der Waals surface area contributed by atoms with Crippen LogP contribution >= 0.6 is 0 Å². The number of benzene rings is 1. The third-order valence-electron chi connectivity index (χ3n) is 6.28. The van der Waals surface area contributed by atoms with Crippen molar-refractivity contribution in [2.45, 2.75) is 97.9 Å². The molecular weight excluding hydrogens is 454 g/mol. The second kappa shape index (κ2) is 12.8. The standard InChI is InChI=1S/C29H43N3O4/c1-9-11-12-17-30-26(33)25(22-15-13-21(10-2)14-16-22)32(23-18-20(23)5)27(34)24(19(3)4)31-28(35)36-29(6,7)8/h2,13-16,19-20,23-25H,9,11-12,17-18H2,1,3-8H3,(H,30,33)(H,31,35). The number of amides is 3. The van der Waals surface area contributed by atoms with E-state index >= 15 is 0 Å². The molecule has 4 atom stereocenters. The first-order chi connectivity index (χ1) is 16.9. The molecule has 0 saturated heterocycles. The summed E-state index contributed by atoms with van der Waals surface area (Å²) in [6.07, 6.45) is 8.60. The number of nitrogens with one attached hydrogen (secondary N) is 2. The number of hydrogen-bond acceptors (Lipinski definition) is 4. The van der Waals surface area contributed by atoms with Crippen molar-refractivity contribution < 1.29 is 19.1 Å². The zero-order valence-electron chi connectivity index (χ0n) is 22.9. The molecule has 1 saturated carbocycles. The summed E-state index contributed by atoms with van der Waals surface area (Å²) in [5, 5.41) is 5.80. The van der Waals surface area contributed by atoms with E-state index in [0.717, 1.165) is 25.7 Å². The van der Waals surface area contributed by atoms with Gasteiger partial charge in [0.1, 0.15) is 17.7 Å². The predicted octanol–water partition coefficient (Wildman–Crippen LogP) is 4.80. The van der Waals surface area contributed by atoms with Crippen molar-refractivity contribution in [2.75, 3.05) is 6.54 Å². The van der Waals surface area contributed by atoms with Crippen molar-refractivity contribution in [1.82, 2.24) is 15.5 Å². The van der Waals surface area contributed by atoms with Gasteiger partial charge >= 0.3 is 6.09 Å². The molecule has 1 aliphatic carbocycles. The highest BCUT2D eigenvalue weighted by atomic mass is 16.6. The van der Waals surface area contributed by atoms with Crippen molar-refractivity contribution in [1.29, 1.82) is 0 Å². The Hall–Kier alpha value is -3.01. The number of alkyl carbamates (subject to hydrolysis) is 1. The van der Waals surface area contributed by atoms with Crippen molar-refractivity contribution in [3.63, 3.8) is 0 Å². The monoisotopic (exact) mass is 497 g/mol. The molecule has 1 aromatic rings. The Morgan fingerprint density at radius 2 is 1.78 bits per heavy atom. The molecule has 4 unspecified atom stereocenters. The molecular formula is C29H43N3O4. The van der Waals surface area contributed by atoms with Gasteiger partial charge in [-0.3, -0.25) is 9.59 Å². The Morgan fingerprint density at radius 3 is 2.25 bits per heavy atom. The Balaban J connectivity index is 2.43. The molecule has 7 nitrogen and oxygen atoms in total. The number of ether oxygens (including phenoxy) is 1. The van der Waals surface area contributed by atoms with Gasteiger partial charge in [0.05, 0.1) is 0 Å². The summed E-state index contributed by atoms with van der Waals surface area (Å²) in [4.78, 5) is 41.9. The number of unbranched alkanes of at least 4 members (excludes halogenated alkanes) is 2. The van der Waals surface area contributed by atoms with Crippen LogP contribution in [0.15, 0.2) is 24.3 Å². The molecule has 0 aliphatic heterocycles. The minimum Gasteiger partial charge on any atom is -0.444 e. The molecule has 1 fully saturated rings. The molecule has 36 heavy (non-hydrogen) atoms. The van der Waals surface area contributed by atoms with Gasteiger partial charge < -0.3 is 20.3 Å². The molecule has 3 amide bonds. The van der Waals surface area contributed by atoms with Gasteiger partial charge in [0.15, 0.2) is 0 Å². The second-order valence-corrected chi connectivity index (χ2v) is 11.1. The molecule has 7 heteroatoms. The van der Waals surface area contributed by atoms with Crippen LogP contribution in [0.1, 0.15) is 91.3 Å². The lowest BCUT2D eigenvalue weighted by atomic mass is 9.97. The van der Waals surface area contributed by atoms with Crippen LogP contribution in [0.2, 0.25) is 0 Å². The average Bonchev–Trinajstić information content (AvgIpc) is 3.52. The maximum atomic E-state index is 14.1. The lowest BCUT2D eigenvalue weighted by molar-refractivity contribution is -0.144. The fourth-order valence-electron chi connectivity index (χ4n) is 4.16. The highest BCUT2D eigenvalue weighted by molar-refractivity contribution is 5.92. The van der Waals surface area contributed by atoms with Crippen LogP contribution in [-0.2, 0) is 14.3 Å². The van der Waals surface area contributed by atoms with Crippen LogP contribution in [0.5, 0.6) is 0 Å². The van der Waals surface area contributed by atoms with Gasteiger partial charge in [-0.15, -0.1) is 6.42 Å². The quantitative estimate of drug-likeness (QED) is 0.340. The number of nitrogens with zero attached hydrogens (tertiary/aromatic N) is 1. The molecule has 198 valence electrons. The molecule has 2 rings (SSSR count). The number of carbonyl (C=O) groups is 3. The van der Waals surface area contributed by atoms with Crippen LogP contribution in [-0.4, -0.2) is 47.0 Å². The van der Waals surface area contributed by atoms with E-state index in [-0.39, 0.29) is 29.7 Å². The largest absolute Gasteiger partial charge is 0.444 e.